The number of nitrogens with zero attached hydrogens (tertiary/aromatic N) is 1. The van der Waals surface area contributed by atoms with Crippen LogP contribution in [-0.4, -0.2) is 48.4 Å². The quantitative estimate of drug-likeness (QED) is 0.736. The van der Waals surface area contributed by atoms with Gasteiger partial charge in [0.25, 0.3) is 0 Å². The van der Waals surface area contributed by atoms with Crippen LogP contribution in [0.4, 0.5) is 0 Å². The minimum absolute atomic E-state index is 0.0328. The average Bonchev–Trinajstić information content (AvgIpc) is 2.37. The summed E-state index contributed by atoms with van der Waals surface area (Å²) >= 11 is 0. The lowest BCUT2D eigenvalue weighted by atomic mass is 10.0. The number of piperidine rings is 1. The van der Waals surface area contributed by atoms with E-state index < -0.39 is 0 Å². The molecular formula is C15H29N3O2. The average molecular weight is 283 g/mol. The molecule has 1 rings (SSSR count). The Morgan fingerprint density at radius 3 is 2.65 bits per heavy atom. The van der Waals surface area contributed by atoms with E-state index in [1.807, 2.05) is 18.7 Å². The number of carbonyl (C=O) groups is 2. The van der Waals surface area contributed by atoms with E-state index >= 15 is 0 Å². The van der Waals surface area contributed by atoms with Crippen LogP contribution in [0.1, 0.15) is 47.0 Å². The Balaban J connectivity index is 2.35. The topological polar surface area (TPSA) is 61.4 Å². The molecule has 0 aliphatic carbocycles. The first-order valence-electron chi connectivity index (χ1n) is 7.71. The minimum Gasteiger partial charge on any atom is -0.356 e. The number of likely N-dealkylation sites (tertiary alicyclic amines) is 1. The highest BCUT2D eigenvalue weighted by molar-refractivity contribution is 5.83. The second kappa shape index (κ2) is 8.25. The fourth-order valence-electron chi connectivity index (χ4n) is 2.36. The molecule has 0 aromatic carbocycles. The molecule has 1 aliphatic rings. The maximum absolute atomic E-state index is 12.3. The molecule has 5 nitrogen and oxygen atoms in total. The van der Waals surface area contributed by atoms with Gasteiger partial charge in [-0.3, -0.25) is 9.59 Å². The zero-order chi connectivity index (χ0) is 15.1. The molecule has 0 aromatic rings. The highest BCUT2D eigenvalue weighted by Crippen LogP contribution is 2.12. The molecule has 1 atom stereocenters. The van der Waals surface area contributed by atoms with E-state index in [2.05, 4.69) is 24.5 Å². The van der Waals surface area contributed by atoms with Crippen molar-refractivity contribution < 1.29 is 9.59 Å². The lowest BCUT2D eigenvalue weighted by Crippen LogP contribution is -2.52. The predicted molar refractivity (Wildman–Crippen MR) is 80.3 cm³/mol. The van der Waals surface area contributed by atoms with Crippen molar-refractivity contribution in [1.82, 2.24) is 15.5 Å². The van der Waals surface area contributed by atoms with E-state index in [4.69, 9.17) is 0 Å². The van der Waals surface area contributed by atoms with E-state index in [1.165, 1.54) is 0 Å². The van der Waals surface area contributed by atoms with Crippen molar-refractivity contribution in [2.45, 2.75) is 59.0 Å². The first-order valence-corrected chi connectivity index (χ1v) is 7.71. The Labute approximate surface area is 122 Å². The van der Waals surface area contributed by atoms with Crippen LogP contribution in [0.15, 0.2) is 0 Å². The molecule has 1 aliphatic heterocycles. The molecule has 116 valence electrons. The van der Waals surface area contributed by atoms with E-state index in [9.17, 15) is 9.59 Å². The predicted octanol–water partition coefficient (Wildman–Crippen LogP) is 1.14. The molecule has 0 saturated carbocycles. The number of hydrogen-bond acceptors (Lipinski definition) is 3. The molecular weight excluding hydrogens is 254 g/mol. The molecule has 1 heterocycles. The number of amides is 2. The molecule has 2 N–H and O–H groups in total. The van der Waals surface area contributed by atoms with Crippen molar-refractivity contribution in [3.8, 4) is 0 Å². The summed E-state index contributed by atoms with van der Waals surface area (Å²) in [6.07, 6.45) is 2.30. The van der Waals surface area contributed by atoms with Gasteiger partial charge in [0.1, 0.15) is 0 Å². The van der Waals surface area contributed by atoms with Gasteiger partial charge in [0.05, 0.1) is 6.04 Å². The van der Waals surface area contributed by atoms with Crippen LogP contribution in [0.25, 0.3) is 0 Å². The van der Waals surface area contributed by atoms with Crippen molar-refractivity contribution in [3.05, 3.63) is 0 Å². The van der Waals surface area contributed by atoms with Crippen molar-refractivity contribution in [1.29, 1.82) is 0 Å². The summed E-state index contributed by atoms with van der Waals surface area (Å²) in [6, 6.07) is 0.223. The molecule has 0 aromatic heterocycles. The van der Waals surface area contributed by atoms with Gasteiger partial charge in [-0.15, -0.1) is 0 Å². The summed E-state index contributed by atoms with van der Waals surface area (Å²) in [5.74, 6) is 0.627. The molecule has 1 fully saturated rings. The Bertz CT molecular complexity index is 329. The lowest BCUT2D eigenvalue weighted by molar-refractivity contribution is -0.136. The summed E-state index contributed by atoms with van der Waals surface area (Å²) < 4.78 is 0. The Hall–Kier alpha value is -1.10. The van der Waals surface area contributed by atoms with Gasteiger partial charge in [-0.05, 0) is 18.8 Å². The first-order chi connectivity index (χ1) is 9.40. The second-order valence-electron chi connectivity index (χ2n) is 6.29. The fourth-order valence-corrected chi connectivity index (χ4v) is 2.36. The summed E-state index contributed by atoms with van der Waals surface area (Å²) in [5.41, 5.74) is 0. The van der Waals surface area contributed by atoms with Gasteiger partial charge in [0.2, 0.25) is 11.8 Å². The van der Waals surface area contributed by atoms with Crippen molar-refractivity contribution in [3.63, 3.8) is 0 Å². The molecule has 0 radical (unpaired) electrons. The lowest BCUT2D eigenvalue weighted by Gasteiger charge is -2.33. The number of nitrogens with one attached hydrogen (secondary N) is 2. The number of carbonyl (C=O) groups excluding carboxylic acids is 2. The van der Waals surface area contributed by atoms with Crippen LogP contribution in [0, 0.1) is 5.92 Å². The van der Waals surface area contributed by atoms with Crippen LogP contribution < -0.4 is 10.6 Å². The molecule has 1 unspecified atom stereocenters. The van der Waals surface area contributed by atoms with Crippen LogP contribution >= 0.6 is 0 Å². The number of hydrogen-bond donors (Lipinski definition) is 2. The third-order valence-electron chi connectivity index (χ3n) is 3.38. The zero-order valence-corrected chi connectivity index (χ0v) is 13.2. The maximum atomic E-state index is 12.3. The van der Waals surface area contributed by atoms with Crippen LogP contribution in [0.2, 0.25) is 0 Å². The van der Waals surface area contributed by atoms with Crippen molar-refractivity contribution in [2.75, 3.05) is 19.6 Å². The third-order valence-corrected chi connectivity index (χ3v) is 3.38. The molecule has 0 spiro atoms. The molecule has 2 amide bonds. The molecule has 1 saturated heterocycles. The Morgan fingerprint density at radius 1 is 1.35 bits per heavy atom. The van der Waals surface area contributed by atoms with Crippen LogP contribution in [0.3, 0.4) is 0 Å². The van der Waals surface area contributed by atoms with Gasteiger partial charge in [0, 0.05) is 32.1 Å². The fraction of sp³-hybridized carbons (Fsp3) is 0.867. The highest BCUT2D eigenvalue weighted by Gasteiger charge is 2.28. The van der Waals surface area contributed by atoms with E-state index in [-0.39, 0.29) is 17.9 Å². The normalized spacial score (nSPS) is 19.8. The number of rotatable bonds is 7. The maximum Gasteiger partial charge on any atom is 0.239 e. The SMILES string of the molecule is CC(C)CNC(=O)CCN1CCCC(NC(C)C)C1=O. The molecule has 5 heteroatoms. The molecule has 20 heavy (non-hydrogen) atoms. The van der Waals surface area contributed by atoms with Gasteiger partial charge in [-0.1, -0.05) is 27.7 Å². The van der Waals surface area contributed by atoms with Gasteiger partial charge < -0.3 is 15.5 Å². The zero-order valence-electron chi connectivity index (χ0n) is 13.2. The summed E-state index contributed by atoms with van der Waals surface area (Å²) in [7, 11) is 0. The van der Waals surface area contributed by atoms with E-state index in [0.29, 0.717) is 31.5 Å². The smallest absolute Gasteiger partial charge is 0.239 e. The van der Waals surface area contributed by atoms with E-state index in [1.54, 1.807) is 0 Å². The van der Waals surface area contributed by atoms with Gasteiger partial charge in [0.15, 0.2) is 0 Å². The summed E-state index contributed by atoms with van der Waals surface area (Å²) in [5, 5.41) is 6.18. The second-order valence-corrected chi connectivity index (χ2v) is 6.29. The summed E-state index contributed by atoms with van der Waals surface area (Å²) in [4.78, 5) is 25.8. The van der Waals surface area contributed by atoms with Gasteiger partial charge in [-0.25, -0.2) is 0 Å². The van der Waals surface area contributed by atoms with Gasteiger partial charge in [-0.2, -0.15) is 0 Å². The standard InChI is InChI=1S/C15H29N3O2/c1-11(2)10-16-14(19)7-9-18-8-5-6-13(15(18)20)17-12(3)4/h11-13,17H,5-10H2,1-4H3,(H,16,19). The van der Waals surface area contributed by atoms with Crippen molar-refractivity contribution >= 4 is 11.8 Å². The van der Waals surface area contributed by atoms with Crippen molar-refractivity contribution in [2.24, 2.45) is 5.92 Å². The highest BCUT2D eigenvalue weighted by atomic mass is 16.2. The summed E-state index contributed by atoms with van der Waals surface area (Å²) in [6.45, 7) is 10.2. The molecule has 0 bridgehead atoms. The minimum atomic E-state index is -0.0810. The Morgan fingerprint density at radius 2 is 2.05 bits per heavy atom. The largest absolute Gasteiger partial charge is 0.356 e. The Kier molecular flexibility index (Phi) is 6.99. The van der Waals surface area contributed by atoms with E-state index in [0.717, 1.165) is 19.4 Å². The monoisotopic (exact) mass is 283 g/mol. The van der Waals surface area contributed by atoms with Crippen LogP contribution in [-0.2, 0) is 9.59 Å². The third kappa shape index (κ3) is 5.90. The van der Waals surface area contributed by atoms with Gasteiger partial charge >= 0.3 is 0 Å². The first kappa shape index (κ1) is 17.0. The van der Waals surface area contributed by atoms with Crippen LogP contribution in [0.5, 0.6) is 0 Å².